The number of carbonyl (C=O) groups excluding carboxylic acids is 2. The quantitative estimate of drug-likeness (QED) is 0.626. The van der Waals surface area contributed by atoms with Gasteiger partial charge < -0.3 is 15.4 Å². The molecular weight excluding hydrogens is 344 g/mol. The van der Waals surface area contributed by atoms with E-state index in [1.807, 2.05) is 0 Å². The standard InChI is InChI=1S/C14H17ClN2O5S/c1-17(10-4-5-23(20,21)8-10)13(18)7-22-14(19)11-6-9(15)2-3-12(11)16/h2-3,6,10H,4-5,7-8,16H2,1H3/t10-/m0/s1. The van der Waals surface area contributed by atoms with E-state index < -0.39 is 28.3 Å². The number of likely N-dealkylation sites (N-methyl/N-ethyl adjacent to an activating group) is 1. The Kier molecular flexibility index (Phi) is 5.16. The first-order valence-electron chi connectivity index (χ1n) is 6.88. The number of esters is 1. The predicted octanol–water partition coefficient (Wildman–Crippen LogP) is 0.724. The lowest BCUT2D eigenvalue weighted by atomic mass is 10.2. The van der Waals surface area contributed by atoms with Crippen LogP contribution in [0.2, 0.25) is 5.02 Å². The van der Waals surface area contributed by atoms with E-state index in [0.717, 1.165) is 0 Å². The van der Waals surface area contributed by atoms with Gasteiger partial charge in [-0.3, -0.25) is 4.79 Å². The number of anilines is 1. The summed E-state index contributed by atoms with van der Waals surface area (Å²) in [5.41, 5.74) is 5.94. The van der Waals surface area contributed by atoms with Gasteiger partial charge in [0, 0.05) is 23.8 Å². The van der Waals surface area contributed by atoms with E-state index in [2.05, 4.69) is 0 Å². The Morgan fingerprint density at radius 3 is 2.74 bits per heavy atom. The van der Waals surface area contributed by atoms with Crippen LogP contribution in [-0.2, 0) is 19.4 Å². The number of sulfone groups is 1. The number of halogens is 1. The molecule has 0 aromatic heterocycles. The molecule has 1 atom stereocenters. The third-order valence-corrected chi connectivity index (χ3v) is 5.70. The van der Waals surface area contributed by atoms with Crippen LogP contribution < -0.4 is 5.73 Å². The van der Waals surface area contributed by atoms with Gasteiger partial charge in [-0.1, -0.05) is 11.6 Å². The van der Waals surface area contributed by atoms with Crippen molar-refractivity contribution in [3.8, 4) is 0 Å². The van der Waals surface area contributed by atoms with Crippen LogP contribution in [0.5, 0.6) is 0 Å². The summed E-state index contributed by atoms with van der Waals surface area (Å²) in [7, 11) is -1.60. The molecule has 1 aliphatic heterocycles. The van der Waals surface area contributed by atoms with Crippen molar-refractivity contribution in [2.24, 2.45) is 0 Å². The van der Waals surface area contributed by atoms with Gasteiger partial charge in [0.05, 0.1) is 17.1 Å². The fourth-order valence-electron chi connectivity index (χ4n) is 2.30. The zero-order valence-electron chi connectivity index (χ0n) is 12.5. The van der Waals surface area contributed by atoms with Gasteiger partial charge in [0.1, 0.15) is 0 Å². The van der Waals surface area contributed by atoms with Crippen molar-refractivity contribution in [3.63, 3.8) is 0 Å². The Hall–Kier alpha value is -1.80. The molecule has 1 aromatic rings. The van der Waals surface area contributed by atoms with E-state index in [-0.39, 0.29) is 28.8 Å². The predicted molar refractivity (Wildman–Crippen MR) is 86.0 cm³/mol. The maximum atomic E-state index is 12.0. The van der Waals surface area contributed by atoms with Crippen molar-refractivity contribution < 1.29 is 22.7 Å². The van der Waals surface area contributed by atoms with Crippen LogP contribution >= 0.6 is 11.6 Å². The minimum atomic E-state index is -3.09. The van der Waals surface area contributed by atoms with Crippen LogP contribution in [0.25, 0.3) is 0 Å². The molecule has 23 heavy (non-hydrogen) atoms. The lowest BCUT2D eigenvalue weighted by Gasteiger charge is -2.23. The van der Waals surface area contributed by atoms with Crippen LogP contribution in [0.15, 0.2) is 18.2 Å². The lowest BCUT2D eigenvalue weighted by molar-refractivity contribution is -0.134. The Balaban J connectivity index is 1.93. The smallest absolute Gasteiger partial charge is 0.340 e. The minimum absolute atomic E-state index is 0.0636. The molecule has 0 aliphatic carbocycles. The van der Waals surface area contributed by atoms with Crippen molar-refractivity contribution in [2.45, 2.75) is 12.5 Å². The van der Waals surface area contributed by atoms with Crippen LogP contribution in [0, 0.1) is 0 Å². The SMILES string of the molecule is CN(C(=O)COC(=O)c1cc(Cl)ccc1N)[C@H]1CCS(=O)(=O)C1. The lowest BCUT2D eigenvalue weighted by Crippen LogP contribution is -2.40. The molecule has 7 nitrogen and oxygen atoms in total. The van der Waals surface area contributed by atoms with Gasteiger partial charge >= 0.3 is 5.97 Å². The molecule has 0 saturated carbocycles. The van der Waals surface area contributed by atoms with E-state index in [1.54, 1.807) is 0 Å². The summed E-state index contributed by atoms with van der Waals surface area (Å²) in [4.78, 5) is 25.3. The molecule has 0 unspecified atom stereocenters. The highest BCUT2D eigenvalue weighted by atomic mass is 35.5. The first kappa shape index (κ1) is 17.6. The zero-order valence-corrected chi connectivity index (χ0v) is 14.1. The fourth-order valence-corrected chi connectivity index (χ4v) is 4.24. The number of nitrogen functional groups attached to an aromatic ring is 1. The normalized spacial score (nSPS) is 19.3. The molecule has 0 bridgehead atoms. The van der Waals surface area contributed by atoms with E-state index in [0.29, 0.717) is 11.4 Å². The molecule has 1 aliphatic rings. The Labute approximate surface area is 139 Å². The molecular formula is C14H17ClN2O5S. The van der Waals surface area contributed by atoms with Crippen LogP contribution in [0.1, 0.15) is 16.8 Å². The number of rotatable bonds is 4. The van der Waals surface area contributed by atoms with Gasteiger partial charge in [-0.05, 0) is 24.6 Å². The topological polar surface area (TPSA) is 107 Å². The van der Waals surface area contributed by atoms with Crippen molar-refractivity contribution in [2.75, 3.05) is 30.9 Å². The Morgan fingerprint density at radius 2 is 2.13 bits per heavy atom. The number of hydrogen-bond acceptors (Lipinski definition) is 6. The van der Waals surface area contributed by atoms with Crippen LogP contribution in [-0.4, -0.2) is 56.4 Å². The number of nitrogens with zero attached hydrogens (tertiary/aromatic N) is 1. The summed E-state index contributed by atoms with van der Waals surface area (Å²) in [5, 5.41) is 0.325. The first-order chi connectivity index (χ1) is 10.7. The van der Waals surface area contributed by atoms with Crippen molar-refractivity contribution >= 4 is 39.0 Å². The fraction of sp³-hybridized carbons (Fsp3) is 0.429. The van der Waals surface area contributed by atoms with Gasteiger partial charge in [-0.15, -0.1) is 0 Å². The number of hydrogen-bond donors (Lipinski definition) is 1. The molecule has 2 rings (SSSR count). The number of ether oxygens (including phenoxy) is 1. The van der Waals surface area contributed by atoms with Gasteiger partial charge in [-0.2, -0.15) is 0 Å². The highest BCUT2D eigenvalue weighted by Gasteiger charge is 2.33. The molecule has 1 aromatic carbocycles. The molecule has 2 N–H and O–H groups in total. The van der Waals surface area contributed by atoms with E-state index in [9.17, 15) is 18.0 Å². The van der Waals surface area contributed by atoms with Gasteiger partial charge in [0.15, 0.2) is 16.4 Å². The van der Waals surface area contributed by atoms with E-state index in [1.165, 1.54) is 30.1 Å². The number of carbonyl (C=O) groups is 2. The van der Waals surface area contributed by atoms with E-state index >= 15 is 0 Å². The van der Waals surface area contributed by atoms with Crippen molar-refractivity contribution in [3.05, 3.63) is 28.8 Å². The summed E-state index contributed by atoms with van der Waals surface area (Å²) in [6, 6.07) is 3.97. The second-order valence-electron chi connectivity index (χ2n) is 5.37. The maximum Gasteiger partial charge on any atom is 0.340 e. The third-order valence-electron chi connectivity index (χ3n) is 3.71. The molecule has 1 heterocycles. The monoisotopic (exact) mass is 360 g/mol. The highest BCUT2D eigenvalue weighted by molar-refractivity contribution is 7.91. The average molecular weight is 361 g/mol. The molecule has 0 spiro atoms. The molecule has 1 amide bonds. The van der Waals surface area contributed by atoms with Gasteiger partial charge in [0.25, 0.3) is 5.91 Å². The number of amides is 1. The summed E-state index contributed by atoms with van der Waals surface area (Å²) >= 11 is 5.79. The summed E-state index contributed by atoms with van der Waals surface area (Å²) < 4.78 is 27.8. The Morgan fingerprint density at radius 1 is 1.43 bits per heavy atom. The molecule has 0 radical (unpaired) electrons. The van der Waals surface area contributed by atoms with Gasteiger partial charge in [0.2, 0.25) is 0 Å². The second kappa shape index (κ2) is 6.76. The summed E-state index contributed by atoms with van der Waals surface area (Å²) in [5.74, 6) is -1.23. The number of benzene rings is 1. The van der Waals surface area contributed by atoms with Crippen molar-refractivity contribution in [1.82, 2.24) is 4.90 Å². The third kappa shape index (κ3) is 4.35. The largest absolute Gasteiger partial charge is 0.452 e. The second-order valence-corrected chi connectivity index (χ2v) is 8.03. The van der Waals surface area contributed by atoms with Crippen LogP contribution in [0.4, 0.5) is 5.69 Å². The summed E-state index contributed by atoms with van der Waals surface area (Å²) in [6.45, 7) is -0.488. The molecule has 126 valence electrons. The molecule has 9 heteroatoms. The summed E-state index contributed by atoms with van der Waals surface area (Å²) in [6.07, 6.45) is 0.389. The zero-order chi connectivity index (χ0) is 17.2. The molecule has 1 saturated heterocycles. The number of nitrogens with two attached hydrogens (primary N) is 1. The average Bonchev–Trinajstić information content (AvgIpc) is 2.86. The Bertz CT molecular complexity index is 735. The van der Waals surface area contributed by atoms with Crippen LogP contribution in [0.3, 0.4) is 0 Å². The van der Waals surface area contributed by atoms with E-state index in [4.69, 9.17) is 22.1 Å². The first-order valence-corrected chi connectivity index (χ1v) is 9.08. The highest BCUT2D eigenvalue weighted by Crippen LogP contribution is 2.19. The van der Waals surface area contributed by atoms with Gasteiger partial charge in [-0.25, -0.2) is 13.2 Å². The molecule has 1 fully saturated rings. The minimum Gasteiger partial charge on any atom is -0.452 e. The maximum absolute atomic E-state index is 12.0. The van der Waals surface area contributed by atoms with Crippen molar-refractivity contribution in [1.29, 1.82) is 0 Å².